The van der Waals surface area contributed by atoms with Crippen LogP contribution in [0.4, 0.5) is 5.69 Å². The first kappa shape index (κ1) is 26.3. The lowest BCUT2D eigenvalue weighted by Gasteiger charge is -2.61. The minimum atomic E-state index is -0.169. The Kier molecular flexibility index (Phi) is 7.61. The zero-order chi connectivity index (χ0) is 25.5. The van der Waals surface area contributed by atoms with Crippen molar-refractivity contribution in [2.24, 2.45) is 57.4 Å². The van der Waals surface area contributed by atoms with E-state index in [1.165, 1.54) is 50.7 Å². The van der Waals surface area contributed by atoms with Crippen LogP contribution in [0.1, 0.15) is 105 Å². The first-order valence-corrected chi connectivity index (χ1v) is 15.3. The Morgan fingerprint density at radius 3 is 2.42 bits per heavy atom. The van der Waals surface area contributed by atoms with Crippen LogP contribution in [-0.4, -0.2) is 16.9 Å². The highest BCUT2D eigenvalue weighted by molar-refractivity contribution is 5.89. The number of rotatable bonds is 7. The van der Waals surface area contributed by atoms with E-state index in [-0.39, 0.29) is 11.5 Å². The summed E-state index contributed by atoms with van der Waals surface area (Å²) in [6.45, 7) is 12.6. The molecule has 200 valence electrons. The Hall–Kier alpha value is -1.35. The molecule has 0 aliphatic heterocycles. The van der Waals surface area contributed by atoms with Gasteiger partial charge in [-0.3, -0.25) is 5.43 Å². The second-order valence-corrected chi connectivity index (χ2v) is 14.2. The first-order chi connectivity index (χ1) is 17.2. The molecule has 0 saturated heterocycles. The van der Waals surface area contributed by atoms with Crippen molar-refractivity contribution in [1.82, 2.24) is 0 Å². The Balaban J connectivity index is 1.39. The summed E-state index contributed by atoms with van der Waals surface area (Å²) in [5.41, 5.74) is 6.59. The van der Waals surface area contributed by atoms with Crippen molar-refractivity contribution >= 4 is 11.4 Å². The average molecular weight is 493 g/mol. The zero-order valence-corrected chi connectivity index (χ0v) is 23.7. The van der Waals surface area contributed by atoms with Crippen molar-refractivity contribution in [2.45, 2.75) is 111 Å². The summed E-state index contributed by atoms with van der Waals surface area (Å²) in [4.78, 5) is 0. The monoisotopic (exact) mass is 492 g/mol. The van der Waals surface area contributed by atoms with Gasteiger partial charge in [-0.05, 0) is 110 Å². The Morgan fingerprint density at radius 2 is 1.67 bits per heavy atom. The van der Waals surface area contributed by atoms with E-state index in [9.17, 15) is 5.11 Å². The highest BCUT2D eigenvalue weighted by atomic mass is 16.3. The van der Waals surface area contributed by atoms with Gasteiger partial charge in [0.15, 0.2) is 0 Å². The molecule has 1 aromatic rings. The van der Waals surface area contributed by atoms with Crippen molar-refractivity contribution in [3.63, 3.8) is 0 Å². The molecular weight excluding hydrogens is 440 g/mol. The van der Waals surface area contributed by atoms with Crippen LogP contribution < -0.4 is 5.43 Å². The van der Waals surface area contributed by atoms with Crippen molar-refractivity contribution in [1.29, 1.82) is 0 Å². The lowest BCUT2D eigenvalue weighted by atomic mass is 9.44. The van der Waals surface area contributed by atoms with E-state index in [2.05, 4.69) is 70.4 Å². The number of anilines is 1. The fraction of sp³-hybridized carbons (Fsp3) is 0.788. The van der Waals surface area contributed by atoms with Gasteiger partial charge in [0, 0.05) is 11.6 Å². The minimum Gasteiger partial charge on any atom is -0.393 e. The highest BCUT2D eigenvalue weighted by Gasteiger charge is 2.62. The molecule has 0 bridgehead atoms. The number of aliphatic hydroxyl groups excluding tert-OH is 1. The SMILES string of the molecule is CC(C)CCC[C@@H](C)[C@H]1CC[C@H]2C3C/C(=N\Nc4ccccc4)C4C[C@@H](O)CC[C@]4(C)C3CC[C@]12C. The maximum absolute atomic E-state index is 10.7. The average Bonchev–Trinajstić information content (AvgIpc) is 3.21. The molecule has 3 heteroatoms. The third kappa shape index (κ3) is 4.79. The zero-order valence-electron chi connectivity index (χ0n) is 23.7. The van der Waals surface area contributed by atoms with Crippen LogP contribution in [0.2, 0.25) is 0 Å². The largest absolute Gasteiger partial charge is 0.393 e. The van der Waals surface area contributed by atoms with Crippen LogP contribution in [0.15, 0.2) is 35.4 Å². The van der Waals surface area contributed by atoms with Gasteiger partial charge in [-0.2, -0.15) is 5.10 Å². The van der Waals surface area contributed by atoms with E-state index in [1.54, 1.807) is 0 Å². The summed E-state index contributed by atoms with van der Waals surface area (Å²) in [7, 11) is 0. The second kappa shape index (κ2) is 10.4. The molecule has 4 saturated carbocycles. The number of hydrogen-bond donors (Lipinski definition) is 2. The summed E-state index contributed by atoms with van der Waals surface area (Å²) in [6.07, 6.45) is 13.8. The Morgan fingerprint density at radius 1 is 0.944 bits per heavy atom. The van der Waals surface area contributed by atoms with Crippen LogP contribution in [0.5, 0.6) is 0 Å². The minimum absolute atomic E-state index is 0.169. The number of hydrogen-bond acceptors (Lipinski definition) is 3. The second-order valence-electron chi connectivity index (χ2n) is 14.2. The molecule has 2 N–H and O–H groups in total. The summed E-state index contributed by atoms with van der Waals surface area (Å²) in [5.74, 6) is 5.35. The molecule has 4 aliphatic rings. The molecule has 4 fully saturated rings. The predicted molar refractivity (Wildman–Crippen MR) is 152 cm³/mol. The third-order valence-electron chi connectivity index (χ3n) is 11.8. The van der Waals surface area contributed by atoms with Crippen LogP contribution in [0, 0.1) is 52.3 Å². The van der Waals surface area contributed by atoms with Crippen molar-refractivity contribution in [3.8, 4) is 0 Å². The molecule has 0 spiro atoms. The molecule has 0 amide bonds. The predicted octanol–water partition coefficient (Wildman–Crippen LogP) is 8.55. The Labute approximate surface area is 220 Å². The van der Waals surface area contributed by atoms with Gasteiger partial charge in [0.1, 0.15) is 0 Å². The van der Waals surface area contributed by atoms with Crippen molar-refractivity contribution < 1.29 is 5.11 Å². The smallest absolute Gasteiger partial charge is 0.0561 e. The molecule has 5 rings (SSSR count). The molecule has 0 aromatic heterocycles. The van der Waals surface area contributed by atoms with E-state index in [0.717, 1.165) is 66.9 Å². The van der Waals surface area contributed by atoms with E-state index in [0.29, 0.717) is 11.3 Å². The summed E-state index contributed by atoms with van der Waals surface area (Å²) < 4.78 is 0. The molecule has 1 aromatic carbocycles. The first-order valence-electron chi connectivity index (χ1n) is 15.3. The maximum Gasteiger partial charge on any atom is 0.0561 e. The van der Waals surface area contributed by atoms with Crippen LogP contribution in [0.25, 0.3) is 0 Å². The van der Waals surface area contributed by atoms with E-state index in [4.69, 9.17) is 5.10 Å². The Bertz CT molecular complexity index is 912. The van der Waals surface area contributed by atoms with E-state index < -0.39 is 0 Å². The van der Waals surface area contributed by atoms with Crippen LogP contribution in [-0.2, 0) is 0 Å². The van der Waals surface area contributed by atoms with Gasteiger partial charge in [-0.15, -0.1) is 0 Å². The fourth-order valence-electron chi connectivity index (χ4n) is 9.84. The number of nitrogens with one attached hydrogen (secondary N) is 1. The molecule has 3 unspecified atom stereocenters. The van der Waals surface area contributed by atoms with Gasteiger partial charge in [0.2, 0.25) is 0 Å². The molecule has 36 heavy (non-hydrogen) atoms. The normalized spacial score (nSPS) is 42.0. The van der Waals surface area contributed by atoms with Gasteiger partial charge in [0.05, 0.1) is 11.8 Å². The fourth-order valence-corrected chi connectivity index (χ4v) is 9.84. The number of benzene rings is 1. The quantitative estimate of drug-likeness (QED) is 0.374. The number of nitrogens with zero attached hydrogens (tertiary/aromatic N) is 1. The highest BCUT2D eigenvalue weighted by Crippen LogP contribution is 2.68. The molecular formula is C33H52N2O. The van der Waals surface area contributed by atoms with Gasteiger partial charge < -0.3 is 5.11 Å². The third-order valence-corrected chi connectivity index (χ3v) is 11.8. The van der Waals surface area contributed by atoms with Crippen LogP contribution in [0.3, 0.4) is 0 Å². The van der Waals surface area contributed by atoms with Gasteiger partial charge in [-0.1, -0.05) is 72.1 Å². The van der Waals surface area contributed by atoms with E-state index >= 15 is 0 Å². The van der Waals surface area contributed by atoms with Gasteiger partial charge >= 0.3 is 0 Å². The van der Waals surface area contributed by atoms with E-state index in [1.807, 2.05) is 0 Å². The lowest BCUT2D eigenvalue weighted by molar-refractivity contribution is -0.0938. The van der Waals surface area contributed by atoms with Crippen molar-refractivity contribution in [2.75, 3.05) is 5.43 Å². The van der Waals surface area contributed by atoms with Crippen LogP contribution >= 0.6 is 0 Å². The summed E-state index contributed by atoms with van der Waals surface area (Å²) >= 11 is 0. The van der Waals surface area contributed by atoms with Gasteiger partial charge in [-0.25, -0.2) is 0 Å². The molecule has 0 heterocycles. The molecule has 4 aliphatic carbocycles. The lowest BCUT2D eigenvalue weighted by Crippen LogP contribution is -2.57. The number of fused-ring (bicyclic) bond motifs is 5. The summed E-state index contributed by atoms with van der Waals surface area (Å²) in [5, 5.41) is 15.8. The molecule has 3 nitrogen and oxygen atoms in total. The number of hydrazone groups is 1. The molecule has 0 radical (unpaired) electrons. The maximum atomic E-state index is 10.7. The topological polar surface area (TPSA) is 44.6 Å². The number of aliphatic hydroxyl groups is 1. The van der Waals surface area contributed by atoms with Gasteiger partial charge in [0.25, 0.3) is 0 Å². The summed E-state index contributed by atoms with van der Waals surface area (Å²) in [6, 6.07) is 10.4. The van der Waals surface area contributed by atoms with Crippen molar-refractivity contribution in [3.05, 3.63) is 30.3 Å². The standard InChI is InChI=1S/C33H52N2O/c1-22(2)10-9-11-23(3)27-14-15-28-26-21-31(35-34-24-12-7-6-8-13-24)30-20-25(36)16-18-33(30,5)29(26)17-19-32(27,28)4/h6-8,12-13,22-23,25-30,34,36H,9-11,14-21H2,1-5H3/b35-31+/t23-,25+,26?,27-,28+,29?,30?,32-,33-/m1/s1. The molecule has 9 atom stereocenters. The number of para-hydroxylation sites is 1.